The third-order valence-corrected chi connectivity index (χ3v) is 9.09. The number of anilines is 1. The van der Waals surface area contributed by atoms with E-state index in [4.69, 9.17) is 14.2 Å². The number of aliphatic hydroxyl groups is 1. The maximum absolute atomic E-state index is 12.6. The Morgan fingerprint density at radius 2 is 1.57 bits per heavy atom. The number of aromatic nitrogens is 3. The molecule has 1 aliphatic rings. The number of rotatable bonds is 11. The maximum Gasteiger partial charge on any atom is 0.319 e. The van der Waals surface area contributed by atoms with Crippen molar-refractivity contribution in [3.05, 3.63) is 132 Å². The van der Waals surface area contributed by atoms with Crippen molar-refractivity contribution < 1.29 is 24.1 Å². The number of aryl methyl sites for hydroxylation is 1. The smallest absolute Gasteiger partial charge is 0.319 e. The zero-order valence-electron chi connectivity index (χ0n) is 26.2. The third-order valence-electron chi connectivity index (χ3n) is 7.97. The van der Waals surface area contributed by atoms with Crippen molar-refractivity contribution in [3.8, 4) is 11.5 Å². The monoisotopic (exact) mass is 651 g/mol. The summed E-state index contributed by atoms with van der Waals surface area (Å²) in [5.41, 5.74) is 4.36. The summed E-state index contributed by atoms with van der Waals surface area (Å²) >= 11 is 1.60. The molecule has 2 amide bonds. The molecule has 4 aromatic carbocycles. The number of benzene rings is 4. The molecule has 0 saturated carbocycles. The second kappa shape index (κ2) is 15.3. The molecule has 1 aromatic heterocycles. The molecule has 1 aliphatic heterocycles. The Kier molecular flexibility index (Phi) is 10.5. The summed E-state index contributed by atoms with van der Waals surface area (Å²) < 4.78 is 20.8. The van der Waals surface area contributed by atoms with E-state index in [1.165, 1.54) is 0 Å². The Morgan fingerprint density at radius 3 is 2.26 bits per heavy atom. The van der Waals surface area contributed by atoms with E-state index >= 15 is 0 Å². The van der Waals surface area contributed by atoms with Crippen LogP contribution >= 0.6 is 11.8 Å². The van der Waals surface area contributed by atoms with Crippen molar-refractivity contribution >= 4 is 23.5 Å². The van der Waals surface area contributed by atoms with Gasteiger partial charge in [0.25, 0.3) is 0 Å². The number of hydrogen-bond acceptors (Lipinski definition) is 8. The summed E-state index contributed by atoms with van der Waals surface area (Å²) in [5.74, 6) is 2.17. The van der Waals surface area contributed by atoms with Gasteiger partial charge >= 0.3 is 6.03 Å². The van der Waals surface area contributed by atoms with Crippen LogP contribution in [-0.2, 0) is 29.7 Å². The van der Waals surface area contributed by atoms with Crippen LogP contribution in [0, 0.1) is 5.92 Å². The zero-order chi connectivity index (χ0) is 32.6. The van der Waals surface area contributed by atoms with Crippen LogP contribution in [0.1, 0.15) is 41.6 Å². The molecule has 0 aliphatic carbocycles. The fraction of sp³-hybridized carbons (Fsp3) is 0.250. The summed E-state index contributed by atoms with van der Waals surface area (Å²) in [6.07, 6.45) is 0.764. The number of nitrogens with one attached hydrogen (secondary N) is 2. The van der Waals surface area contributed by atoms with Gasteiger partial charge in [-0.3, -0.25) is 0 Å². The van der Waals surface area contributed by atoms with Gasteiger partial charge in [-0.05, 0) is 53.1 Å². The van der Waals surface area contributed by atoms with Gasteiger partial charge in [-0.1, -0.05) is 85.4 Å². The number of aliphatic hydroxyl groups excluding tert-OH is 1. The molecular formula is C36H37N5O5S. The van der Waals surface area contributed by atoms with Gasteiger partial charge in [0.2, 0.25) is 0 Å². The Balaban J connectivity index is 1.07. The van der Waals surface area contributed by atoms with Crippen molar-refractivity contribution in [3.63, 3.8) is 0 Å². The average molecular weight is 652 g/mol. The Hall–Kier alpha value is -4.68. The number of carbonyl (C=O) groups excluding carboxylic acids is 1. The number of nitrogens with zero attached hydrogens (tertiary/aromatic N) is 3. The van der Waals surface area contributed by atoms with E-state index in [1.807, 2.05) is 103 Å². The van der Waals surface area contributed by atoms with Crippen molar-refractivity contribution in [1.29, 1.82) is 0 Å². The molecule has 47 heavy (non-hydrogen) atoms. The second-order valence-electron chi connectivity index (χ2n) is 11.3. The van der Waals surface area contributed by atoms with Crippen LogP contribution in [0.2, 0.25) is 0 Å². The molecule has 242 valence electrons. The SMILES string of the molecule is C[C@H]1[C@@H](CSc2nncn2C)O[C@@H](c2ccc(CNC(=O)Nc3ccc(Oc4ccccc4)cc3)cc2)O[C@H]1c1ccc(CO)cc1. The molecule has 6 rings (SSSR count). The van der Waals surface area contributed by atoms with E-state index in [0.717, 1.165) is 33.2 Å². The Morgan fingerprint density at radius 1 is 0.894 bits per heavy atom. The minimum absolute atomic E-state index is 0.00929. The quantitative estimate of drug-likeness (QED) is 0.131. The Labute approximate surface area is 278 Å². The molecule has 0 spiro atoms. The van der Waals surface area contributed by atoms with E-state index in [9.17, 15) is 9.90 Å². The second-order valence-corrected chi connectivity index (χ2v) is 12.3. The fourth-order valence-electron chi connectivity index (χ4n) is 5.25. The highest BCUT2D eigenvalue weighted by Crippen LogP contribution is 2.43. The summed E-state index contributed by atoms with van der Waals surface area (Å²) in [4.78, 5) is 12.6. The van der Waals surface area contributed by atoms with Crippen LogP contribution in [0.4, 0.5) is 10.5 Å². The minimum atomic E-state index is -0.585. The topological polar surface area (TPSA) is 120 Å². The predicted molar refractivity (Wildman–Crippen MR) is 180 cm³/mol. The molecule has 1 saturated heterocycles. The molecule has 11 heteroatoms. The lowest BCUT2D eigenvalue weighted by Gasteiger charge is -2.41. The summed E-state index contributed by atoms with van der Waals surface area (Å²) in [7, 11) is 1.92. The van der Waals surface area contributed by atoms with Crippen LogP contribution in [0.25, 0.3) is 0 Å². The highest BCUT2D eigenvalue weighted by Gasteiger charge is 2.38. The van der Waals surface area contributed by atoms with Crippen LogP contribution in [0.3, 0.4) is 0 Å². The third kappa shape index (κ3) is 8.38. The number of carbonyl (C=O) groups is 1. The number of hydrogen-bond donors (Lipinski definition) is 3. The normalized spacial score (nSPS) is 19.2. The van der Waals surface area contributed by atoms with Crippen LogP contribution in [0.5, 0.6) is 11.5 Å². The molecule has 0 unspecified atom stereocenters. The summed E-state index contributed by atoms with van der Waals surface area (Å²) in [6.45, 7) is 2.47. The highest BCUT2D eigenvalue weighted by molar-refractivity contribution is 7.99. The van der Waals surface area contributed by atoms with Gasteiger partial charge in [-0.15, -0.1) is 10.2 Å². The van der Waals surface area contributed by atoms with Gasteiger partial charge in [0.1, 0.15) is 17.8 Å². The summed E-state index contributed by atoms with van der Waals surface area (Å²) in [6, 6.07) is 32.2. The first-order valence-electron chi connectivity index (χ1n) is 15.4. The molecular weight excluding hydrogens is 614 g/mol. The molecule has 0 bridgehead atoms. The number of ether oxygens (including phenoxy) is 3. The molecule has 4 atom stereocenters. The van der Waals surface area contributed by atoms with E-state index in [-0.39, 0.29) is 30.8 Å². The Bertz CT molecular complexity index is 1730. The van der Waals surface area contributed by atoms with Crippen molar-refractivity contribution in [1.82, 2.24) is 20.1 Å². The lowest BCUT2D eigenvalue weighted by Crippen LogP contribution is -2.38. The predicted octanol–water partition coefficient (Wildman–Crippen LogP) is 7.01. The van der Waals surface area contributed by atoms with Crippen molar-refractivity contribution in [2.24, 2.45) is 13.0 Å². The average Bonchev–Trinajstić information content (AvgIpc) is 3.52. The van der Waals surface area contributed by atoms with Crippen LogP contribution in [-0.4, -0.2) is 37.8 Å². The van der Waals surface area contributed by atoms with E-state index in [1.54, 1.807) is 30.2 Å². The van der Waals surface area contributed by atoms with E-state index < -0.39 is 6.29 Å². The lowest BCUT2D eigenvalue weighted by atomic mass is 9.91. The van der Waals surface area contributed by atoms with E-state index in [2.05, 4.69) is 27.8 Å². The largest absolute Gasteiger partial charge is 0.457 e. The number of amides is 2. The highest BCUT2D eigenvalue weighted by atomic mass is 32.2. The van der Waals surface area contributed by atoms with Gasteiger partial charge in [0.15, 0.2) is 11.4 Å². The standard InChI is InChI=1S/C36H37N5O5S/c1-24-32(22-47-36-40-38-23-41(36)2)45-34(46-33(24)27-12-10-26(21-42)11-13-27)28-14-8-25(9-15-28)20-37-35(43)39-29-16-18-31(19-17-29)44-30-6-4-3-5-7-30/h3-19,23-24,32-34,42H,20-22H2,1-2H3,(H2,37,39,43)/t24-,32+,33+,34+/m0/s1. The van der Waals surface area contributed by atoms with Gasteiger partial charge in [0.05, 0.1) is 18.8 Å². The van der Waals surface area contributed by atoms with Crippen LogP contribution < -0.4 is 15.4 Å². The van der Waals surface area contributed by atoms with Crippen molar-refractivity contribution in [2.75, 3.05) is 11.1 Å². The molecule has 0 radical (unpaired) electrons. The first kappa shape index (κ1) is 32.3. The first-order valence-corrected chi connectivity index (χ1v) is 16.4. The fourth-order valence-corrected chi connectivity index (χ4v) is 6.30. The molecule has 1 fully saturated rings. The molecule has 10 nitrogen and oxygen atoms in total. The molecule has 5 aromatic rings. The lowest BCUT2D eigenvalue weighted by molar-refractivity contribution is -0.268. The van der Waals surface area contributed by atoms with Gasteiger partial charge in [0, 0.05) is 36.5 Å². The van der Waals surface area contributed by atoms with Gasteiger partial charge in [-0.2, -0.15) is 0 Å². The van der Waals surface area contributed by atoms with Gasteiger partial charge in [-0.25, -0.2) is 4.79 Å². The molecule has 2 heterocycles. The molecule has 3 N–H and O–H groups in total. The van der Waals surface area contributed by atoms with Crippen LogP contribution in [0.15, 0.2) is 115 Å². The minimum Gasteiger partial charge on any atom is -0.457 e. The number of urea groups is 1. The maximum atomic E-state index is 12.6. The number of para-hydroxylation sites is 1. The number of thioether (sulfide) groups is 1. The zero-order valence-corrected chi connectivity index (χ0v) is 27.0. The first-order chi connectivity index (χ1) is 22.9. The summed E-state index contributed by atoms with van der Waals surface area (Å²) in [5, 5.41) is 24.3. The van der Waals surface area contributed by atoms with Crippen molar-refractivity contribution in [2.45, 2.75) is 43.7 Å². The van der Waals surface area contributed by atoms with E-state index in [0.29, 0.717) is 23.7 Å². The van der Waals surface area contributed by atoms with Gasteiger partial charge < -0.3 is 34.5 Å².